The van der Waals surface area contributed by atoms with Gasteiger partial charge in [0.1, 0.15) is 5.69 Å². The van der Waals surface area contributed by atoms with Gasteiger partial charge >= 0.3 is 0 Å². The van der Waals surface area contributed by atoms with Crippen molar-refractivity contribution >= 4 is 34.0 Å². The van der Waals surface area contributed by atoms with Crippen LogP contribution >= 0.6 is 0 Å². The van der Waals surface area contributed by atoms with Crippen LogP contribution in [0, 0.1) is 0 Å². The fourth-order valence-electron chi connectivity index (χ4n) is 3.20. The Kier molecular flexibility index (Phi) is 4.01. The van der Waals surface area contributed by atoms with Crippen LogP contribution in [0.25, 0.3) is 10.8 Å². The Morgan fingerprint density at radius 2 is 1.88 bits per heavy atom. The molecule has 2 amide bonds. The molecule has 2 N–H and O–H groups in total. The molecule has 3 aromatic rings. The third-order valence-electron chi connectivity index (χ3n) is 4.49. The zero-order valence-electron chi connectivity index (χ0n) is 14.0. The van der Waals surface area contributed by atoms with E-state index in [-0.39, 0.29) is 17.2 Å². The van der Waals surface area contributed by atoms with E-state index in [9.17, 15) is 14.4 Å². The highest BCUT2D eigenvalue weighted by Gasteiger charge is 2.22. The van der Waals surface area contributed by atoms with E-state index < -0.39 is 5.91 Å². The molecule has 0 aliphatic carbocycles. The lowest BCUT2D eigenvalue weighted by molar-refractivity contribution is -0.117. The van der Waals surface area contributed by atoms with E-state index in [0.717, 1.165) is 12.1 Å². The molecule has 130 valence electrons. The van der Waals surface area contributed by atoms with E-state index in [1.807, 2.05) is 12.1 Å². The largest absolute Gasteiger partial charge is 0.321 e. The van der Waals surface area contributed by atoms with Gasteiger partial charge in [-0.25, -0.2) is 0 Å². The summed E-state index contributed by atoms with van der Waals surface area (Å²) in [6, 6.07) is 15.9. The second kappa shape index (κ2) is 6.48. The number of pyridine rings is 1. The highest BCUT2D eigenvalue weighted by Crippen LogP contribution is 2.24. The maximum Gasteiger partial charge on any atom is 0.272 e. The molecule has 0 bridgehead atoms. The molecule has 2 aromatic carbocycles. The Morgan fingerprint density at radius 3 is 2.69 bits per heavy atom. The SMILES string of the molecule is O=C(Nc1cccc(N2CCCC2=O)c1)c1cc2ccccc2c(=O)[nH]1. The van der Waals surface area contributed by atoms with Crippen LogP contribution in [-0.4, -0.2) is 23.3 Å². The number of rotatable bonds is 3. The zero-order chi connectivity index (χ0) is 18.1. The molecule has 0 atom stereocenters. The topological polar surface area (TPSA) is 82.3 Å². The second-order valence-corrected chi connectivity index (χ2v) is 6.25. The molecule has 1 aliphatic heterocycles. The van der Waals surface area contributed by atoms with Gasteiger partial charge in [0, 0.05) is 29.7 Å². The summed E-state index contributed by atoms with van der Waals surface area (Å²) in [4.78, 5) is 40.9. The predicted molar refractivity (Wildman–Crippen MR) is 101 cm³/mol. The van der Waals surface area contributed by atoms with Gasteiger partial charge in [0.15, 0.2) is 0 Å². The lowest BCUT2D eigenvalue weighted by atomic mass is 10.1. The zero-order valence-corrected chi connectivity index (χ0v) is 14.0. The van der Waals surface area contributed by atoms with Crippen molar-refractivity contribution in [1.29, 1.82) is 0 Å². The summed E-state index contributed by atoms with van der Waals surface area (Å²) in [6.07, 6.45) is 1.39. The number of nitrogens with one attached hydrogen (secondary N) is 2. The Balaban J connectivity index is 1.61. The van der Waals surface area contributed by atoms with E-state index in [0.29, 0.717) is 29.4 Å². The molecule has 1 aliphatic rings. The third-order valence-corrected chi connectivity index (χ3v) is 4.49. The molecular formula is C20H17N3O3. The minimum atomic E-state index is -0.405. The summed E-state index contributed by atoms with van der Waals surface area (Å²) in [5.74, 6) is -0.315. The van der Waals surface area contributed by atoms with Gasteiger partial charge in [0.2, 0.25) is 5.91 Å². The first-order valence-electron chi connectivity index (χ1n) is 8.46. The summed E-state index contributed by atoms with van der Waals surface area (Å²) in [5, 5.41) is 4.03. The molecule has 6 nitrogen and oxygen atoms in total. The van der Waals surface area contributed by atoms with Gasteiger partial charge in [-0.3, -0.25) is 14.4 Å². The number of anilines is 2. The normalized spacial score (nSPS) is 14.0. The van der Waals surface area contributed by atoms with Crippen molar-refractivity contribution in [3.8, 4) is 0 Å². The fourth-order valence-corrected chi connectivity index (χ4v) is 3.20. The van der Waals surface area contributed by atoms with E-state index in [1.165, 1.54) is 0 Å². The number of carbonyl (C=O) groups is 2. The van der Waals surface area contributed by atoms with Crippen molar-refractivity contribution in [2.45, 2.75) is 12.8 Å². The number of fused-ring (bicyclic) bond motifs is 1. The first-order valence-corrected chi connectivity index (χ1v) is 8.46. The number of H-pyrrole nitrogens is 1. The standard InChI is InChI=1S/C20H17N3O3/c24-18-9-4-10-23(18)15-7-3-6-14(12-15)21-20(26)17-11-13-5-1-2-8-16(13)19(25)22-17/h1-3,5-8,11-12H,4,9-10H2,(H,21,26)(H,22,25). The third kappa shape index (κ3) is 2.97. The Hall–Kier alpha value is -3.41. The number of aromatic amines is 1. The average Bonchev–Trinajstić information content (AvgIpc) is 3.08. The molecule has 1 saturated heterocycles. The first-order chi connectivity index (χ1) is 12.6. The lowest BCUT2D eigenvalue weighted by Gasteiger charge is -2.16. The van der Waals surface area contributed by atoms with Crippen LogP contribution in [-0.2, 0) is 4.79 Å². The van der Waals surface area contributed by atoms with Gasteiger partial charge in [-0.1, -0.05) is 24.3 Å². The smallest absolute Gasteiger partial charge is 0.272 e. The molecule has 0 radical (unpaired) electrons. The van der Waals surface area contributed by atoms with Crippen LogP contribution in [0.15, 0.2) is 59.4 Å². The highest BCUT2D eigenvalue weighted by molar-refractivity contribution is 6.05. The molecule has 6 heteroatoms. The van der Waals surface area contributed by atoms with Crippen molar-refractivity contribution in [1.82, 2.24) is 4.98 Å². The van der Waals surface area contributed by atoms with Gasteiger partial charge in [-0.05, 0) is 42.1 Å². The average molecular weight is 347 g/mol. The van der Waals surface area contributed by atoms with Crippen molar-refractivity contribution in [3.63, 3.8) is 0 Å². The number of nitrogens with zero attached hydrogens (tertiary/aromatic N) is 1. The molecule has 0 unspecified atom stereocenters. The highest BCUT2D eigenvalue weighted by atomic mass is 16.2. The van der Waals surface area contributed by atoms with E-state index in [4.69, 9.17) is 0 Å². The van der Waals surface area contributed by atoms with Crippen LogP contribution in [0.3, 0.4) is 0 Å². The minimum absolute atomic E-state index is 0.0901. The number of hydrogen-bond acceptors (Lipinski definition) is 3. The van der Waals surface area contributed by atoms with E-state index >= 15 is 0 Å². The summed E-state index contributed by atoms with van der Waals surface area (Å²) < 4.78 is 0. The van der Waals surface area contributed by atoms with Crippen molar-refractivity contribution < 1.29 is 9.59 Å². The molecule has 4 rings (SSSR count). The van der Waals surface area contributed by atoms with Crippen molar-refractivity contribution in [3.05, 3.63) is 70.6 Å². The summed E-state index contributed by atoms with van der Waals surface area (Å²) in [5.41, 5.74) is 1.22. The quantitative estimate of drug-likeness (QED) is 0.764. The molecule has 2 heterocycles. The summed E-state index contributed by atoms with van der Waals surface area (Å²) in [6.45, 7) is 0.689. The Labute approximate surface area is 149 Å². The number of amides is 2. The fraction of sp³-hybridized carbons (Fsp3) is 0.150. The van der Waals surface area contributed by atoms with Gasteiger partial charge in [0.05, 0.1) is 0 Å². The minimum Gasteiger partial charge on any atom is -0.321 e. The van der Waals surface area contributed by atoms with E-state index in [1.54, 1.807) is 47.4 Å². The molecule has 0 spiro atoms. The number of carbonyl (C=O) groups excluding carboxylic acids is 2. The monoisotopic (exact) mass is 347 g/mol. The van der Waals surface area contributed by atoms with Crippen LogP contribution < -0.4 is 15.8 Å². The molecule has 1 fully saturated rings. The van der Waals surface area contributed by atoms with Crippen LogP contribution in [0.2, 0.25) is 0 Å². The molecule has 1 aromatic heterocycles. The number of aromatic nitrogens is 1. The molecule has 0 saturated carbocycles. The lowest BCUT2D eigenvalue weighted by Crippen LogP contribution is -2.24. The summed E-state index contributed by atoms with van der Waals surface area (Å²) >= 11 is 0. The summed E-state index contributed by atoms with van der Waals surface area (Å²) in [7, 11) is 0. The predicted octanol–water partition coefficient (Wildman–Crippen LogP) is 2.91. The Morgan fingerprint density at radius 1 is 1.04 bits per heavy atom. The molecular weight excluding hydrogens is 330 g/mol. The number of benzene rings is 2. The van der Waals surface area contributed by atoms with Crippen molar-refractivity contribution in [2.24, 2.45) is 0 Å². The van der Waals surface area contributed by atoms with E-state index in [2.05, 4.69) is 10.3 Å². The van der Waals surface area contributed by atoms with Crippen LogP contribution in [0.4, 0.5) is 11.4 Å². The van der Waals surface area contributed by atoms with Crippen LogP contribution in [0.1, 0.15) is 23.3 Å². The van der Waals surface area contributed by atoms with Crippen LogP contribution in [0.5, 0.6) is 0 Å². The molecule has 26 heavy (non-hydrogen) atoms. The first kappa shape index (κ1) is 16.1. The van der Waals surface area contributed by atoms with Gasteiger partial charge in [-0.15, -0.1) is 0 Å². The second-order valence-electron chi connectivity index (χ2n) is 6.25. The van der Waals surface area contributed by atoms with Gasteiger partial charge < -0.3 is 15.2 Å². The maximum atomic E-state index is 12.5. The van der Waals surface area contributed by atoms with Gasteiger partial charge in [-0.2, -0.15) is 0 Å². The van der Waals surface area contributed by atoms with Gasteiger partial charge in [0.25, 0.3) is 11.5 Å². The Bertz CT molecular complexity index is 1070. The number of hydrogen-bond donors (Lipinski definition) is 2. The van der Waals surface area contributed by atoms with Crippen molar-refractivity contribution in [2.75, 3.05) is 16.8 Å². The maximum absolute atomic E-state index is 12.5.